The van der Waals surface area contributed by atoms with Crippen LogP contribution in [0.2, 0.25) is 0 Å². The van der Waals surface area contributed by atoms with Crippen molar-refractivity contribution in [2.24, 2.45) is 10.8 Å². The molecule has 1 fully saturated rings. The molecule has 1 spiro atoms. The predicted molar refractivity (Wildman–Crippen MR) is 143 cm³/mol. The molecule has 0 unspecified atom stereocenters. The average Bonchev–Trinajstić information content (AvgIpc) is 3.01. The summed E-state index contributed by atoms with van der Waals surface area (Å²) in [5, 5.41) is 13.5. The second-order valence-corrected chi connectivity index (χ2v) is 12.4. The maximum atomic E-state index is 11.4. The Morgan fingerprint density at radius 1 is 0.647 bits per heavy atom. The quantitative estimate of drug-likeness (QED) is 0.309. The molecule has 0 aromatic heterocycles. The number of rotatable bonds is 1. The minimum absolute atomic E-state index is 0.0688. The van der Waals surface area contributed by atoms with Gasteiger partial charge in [0.05, 0.1) is 0 Å². The molecule has 1 nitrogen and oxygen atoms in total. The molecular weight excluding hydrogens is 412 g/mol. The Bertz CT molecular complexity index is 1420. The van der Waals surface area contributed by atoms with Crippen LogP contribution in [0.4, 0.5) is 0 Å². The summed E-state index contributed by atoms with van der Waals surface area (Å²) in [6.07, 6.45) is 3.43. The van der Waals surface area contributed by atoms with Crippen LogP contribution in [0.15, 0.2) is 72.8 Å². The van der Waals surface area contributed by atoms with Gasteiger partial charge in [-0.3, -0.25) is 0 Å². The lowest BCUT2D eigenvalue weighted by atomic mass is 9.52. The molecule has 1 N–H and O–H groups in total. The van der Waals surface area contributed by atoms with E-state index in [1.165, 1.54) is 50.8 Å². The van der Waals surface area contributed by atoms with Gasteiger partial charge in [0.25, 0.3) is 0 Å². The van der Waals surface area contributed by atoms with Crippen LogP contribution in [-0.2, 0) is 5.41 Å². The molecule has 0 aliphatic heterocycles. The third kappa shape index (κ3) is 3.06. The molecule has 34 heavy (non-hydrogen) atoms. The first kappa shape index (κ1) is 21.5. The first-order valence-electron chi connectivity index (χ1n) is 12.6. The number of aromatic hydroxyl groups is 1. The fraction of sp³-hybridized carbons (Fsp3) is 0.333. The molecule has 1 heteroatoms. The van der Waals surface area contributed by atoms with E-state index in [4.69, 9.17) is 0 Å². The number of phenolic OH excluding ortho intramolecular Hbond substituents is 1. The van der Waals surface area contributed by atoms with Gasteiger partial charge in [-0.25, -0.2) is 0 Å². The molecule has 0 atom stereocenters. The molecule has 1 saturated carbocycles. The zero-order valence-electron chi connectivity index (χ0n) is 21.0. The topological polar surface area (TPSA) is 20.2 Å². The summed E-state index contributed by atoms with van der Waals surface area (Å²) >= 11 is 0. The lowest BCUT2D eigenvalue weighted by Crippen LogP contribution is -2.43. The largest absolute Gasteiger partial charge is 0.507 e. The van der Waals surface area contributed by atoms with E-state index in [0.717, 1.165) is 18.2 Å². The smallest absolute Gasteiger partial charge is 0.123 e. The van der Waals surface area contributed by atoms with Gasteiger partial charge in [0.1, 0.15) is 5.75 Å². The summed E-state index contributed by atoms with van der Waals surface area (Å²) in [6, 6.07) is 26.3. The van der Waals surface area contributed by atoms with E-state index >= 15 is 0 Å². The minimum atomic E-state index is -0.0688. The summed E-state index contributed by atoms with van der Waals surface area (Å²) in [5.74, 6) is 0.407. The van der Waals surface area contributed by atoms with E-state index < -0.39 is 0 Å². The molecule has 0 amide bonds. The number of aryl methyl sites for hydroxylation is 1. The summed E-state index contributed by atoms with van der Waals surface area (Å²) in [7, 11) is 0. The molecule has 4 aromatic rings. The van der Waals surface area contributed by atoms with Gasteiger partial charge >= 0.3 is 0 Å². The van der Waals surface area contributed by atoms with Gasteiger partial charge in [-0.15, -0.1) is 0 Å². The Morgan fingerprint density at radius 3 is 2.00 bits per heavy atom. The second kappa shape index (κ2) is 6.98. The van der Waals surface area contributed by atoms with Crippen molar-refractivity contribution < 1.29 is 5.11 Å². The van der Waals surface area contributed by atoms with Gasteiger partial charge in [0.2, 0.25) is 0 Å². The molecule has 172 valence electrons. The van der Waals surface area contributed by atoms with E-state index in [0.29, 0.717) is 5.75 Å². The lowest BCUT2D eigenvalue weighted by Gasteiger charge is -2.51. The molecule has 0 saturated heterocycles. The van der Waals surface area contributed by atoms with E-state index in [-0.39, 0.29) is 16.2 Å². The number of hydrogen-bond acceptors (Lipinski definition) is 1. The van der Waals surface area contributed by atoms with Crippen LogP contribution in [0, 0.1) is 17.8 Å². The van der Waals surface area contributed by atoms with Crippen LogP contribution in [0.5, 0.6) is 5.75 Å². The van der Waals surface area contributed by atoms with Gasteiger partial charge in [-0.2, -0.15) is 0 Å². The highest BCUT2D eigenvalue weighted by molar-refractivity contribution is 6.07. The summed E-state index contributed by atoms with van der Waals surface area (Å²) in [4.78, 5) is 0. The highest BCUT2D eigenvalue weighted by Crippen LogP contribution is 2.64. The third-order valence-corrected chi connectivity index (χ3v) is 8.29. The Morgan fingerprint density at radius 2 is 1.29 bits per heavy atom. The molecule has 4 aromatic carbocycles. The van der Waals surface area contributed by atoms with Gasteiger partial charge in [-0.1, -0.05) is 82.3 Å². The molecule has 6 rings (SSSR count). The highest BCUT2D eigenvalue weighted by Gasteiger charge is 2.53. The first-order valence-corrected chi connectivity index (χ1v) is 12.6. The maximum absolute atomic E-state index is 11.4. The lowest BCUT2D eigenvalue weighted by molar-refractivity contribution is 0.0645. The zero-order valence-corrected chi connectivity index (χ0v) is 21.0. The Labute approximate surface area is 203 Å². The third-order valence-electron chi connectivity index (χ3n) is 8.29. The van der Waals surface area contributed by atoms with Crippen molar-refractivity contribution in [3.05, 3.63) is 89.5 Å². The molecule has 0 bridgehead atoms. The maximum Gasteiger partial charge on any atom is 0.123 e. The van der Waals surface area contributed by atoms with E-state index in [1.807, 2.05) is 0 Å². The minimum Gasteiger partial charge on any atom is -0.507 e. The second-order valence-electron chi connectivity index (χ2n) is 12.4. The first-order chi connectivity index (χ1) is 16.1. The molecule has 2 aliphatic carbocycles. The fourth-order valence-electron chi connectivity index (χ4n) is 7.92. The van der Waals surface area contributed by atoms with Crippen molar-refractivity contribution in [1.82, 2.24) is 0 Å². The van der Waals surface area contributed by atoms with Gasteiger partial charge < -0.3 is 5.11 Å². The van der Waals surface area contributed by atoms with Crippen LogP contribution in [0.1, 0.15) is 63.6 Å². The number of fused-ring (bicyclic) bond motifs is 7. The number of hydrogen-bond donors (Lipinski definition) is 1. The van der Waals surface area contributed by atoms with Crippen molar-refractivity contribution in [2.75, 3.05) is 0 Å². The number of phenols is 1. The fourth-order valence-corrected chi connectivity index (χ4v) is 7.92. The predicted octanol–water partition coefficient (Wildman–Crippen LogP) is 9.02. The van der Waals surface area contributed by atoms with Gasteiger partial charge in [0, 0.05) is 10.8 Å². The van der Waals surface area contributed by atoms with Crippen molar-refractivity contribution in [3.8, 4) is 28.0 Å². The van der Waals surface area contributed by atoms with Crippen LogP contribution in [0.25, 0.3) is 33.0 Å². The van der Waals surface area contributed by atoms with Crippen LogP contribution in [0.3, 0.4) is 0 Å². The average molecular weight is 447 g/mol. The summed E-state index contributed by atoms with van der Waals surface area (Å²) in [5.41, 5.74) is 9.47. The highest BCUT2D eigenvalue weighted by atomic mass is 16.3. The van der Waals surface area contributed by atoms with Crippen molar-refractivity contribution in [3.63, 3.8) is 0 Å². The van der Waals surface area contributed by atoms with Gasteiger partial charge in [0.15, 0.2) is 0 Å². The molecule has 0 heterocycles. The van der Waals surface area contributed by atoms with Crippen molar-refractivity contribution in [2.45, 2.75) is 59.3 Å². The summed E-state index contributed by atoms with van der Waals surface area (Å²) < 4.78 is 0. The van der Waals surface area contributed by atoms with Crippen LogP contribution in [-0.4, -0.2) is 5.11 Å². The van der Waals surface area contributed by atoms with Crippen molar-refractivity contribution >= 4 is 10.8 Å². The van der Waals surface area contributed by atoms with Gasteiger partial charge in [-0.05, 0) is 99.5 Å². The zero-order chi connectivity index (χ0) is 23.9. The Balaban J connectivity index is 1.72. The Kier molecular flexibility index (Phi) is 4.41. The Hall–Kier alpha value is -3.06. The van der Waals surface area contributed by atoms with E-state index in [2.05, 4.69) is 107 Å². The van der Waals surface area contributed by atoms with E-state index in [9.17, 15) is 5.11 Å². The SMILES string of the molecule is Cc1cc2c(O)cc3c(c2cc1-c1ccccc1)-c1ccccc1C31CC(C)(C)CC(C)(C)C1. The van der Waals surface area contributed by atoms with Crippen molar-refractivity contribution in [1.29, 1.82) is 0 Å². The monoisotopic (exact) mass is 446 g/mol. The van der Waals surface area contributed by atoms with E-state index in [1.54, 1.807) is 0 Å². The normalized spacial score (nSPS) is 19.2. The van der Waals surface area contributed by atoms with Crippen LogP contribution >= 0.6 is 0 Å². The molecule has 0 radical (unpaired) electrons. The standard InChI is InChI=1S/C33H34O/c1-21-15-25-26(16-24(21)22-11-7-6-8-12-22)30-23-13-9-10-14-27(23)33(28(30)17-29(25)34)19-31(2,3)18-32(4,5)20-33/h6-17,34H,18-20H2,1-5H3. The van der Waals surface area contributed by atoms with Crippen LogP contribution < -0.4 is 0 Å². The summed E-state index contributed by atoms with van der Waals surface area (Å²) in [6.45, 7) is 11.8. The molecule has 2 aliphatic rings. The number of benzene rings is 4. The molecular formula is C33H34O.